The molecule has 0 aromatic heterocycles. The molecule has 26 heavy (non-hydrogen) atoms. The Hall–Kier alpha value is -3.48. The Balaban J connectivity index is 1.86. The van der Waals surface area contributed by atoms with Crippen molar-refractivity contribution in [2.24, 2.45) is 0 Å². The molecule has 7 heteroatoms. The van der Waals surface area contributed by atoms with Crippen LogP contribution >= 0.6 is 0 Å². The van der Waals surface area contributed by atoms with Crippen molar-refractivity contribution >= 4 is 17.4 Å². The van der Waals surface area contributed by atoms with Crippen LogP contribution in [-0.2, 0) is 9.59 Å². The van der Waals surface area contributed by atoms with Gasteiger partial charge in [-0.05, 0) is 48.9 Å². The maximum atomic E-state index is 12.7. The minimum atomic E-state index is -0.806. The molecule has 0 saturated carbocycles. The van der Waals surface area contributed by atoms with Crippen LogP contribution in [-0.4, -0.2) is 28.7 Å². The zero-order chi connectivity index (χ0) is 18.4. The van der Waals surface area contributed by atoms with E-state index in [9.17, 15) is 19.8 Å². The number of benzene rings is 2. The van der Waals surface area contributed by atoms with Gasteiger partial charge in [-0.25, -0.2) is 0 Å². The van der Waals surface area contributed by atoms with Crippen LogP contribution < -0.4 is 14.4 Å². The third-order valence-electron chi connectivity index (χ3n) is 4.43. The first kappa shape index (κ1) is 16.0. The first-order valence-corrected chi connectivity index (χ1v) is 7.93. The molecule has 2 aliphatic rings. The minimum absolute atomic E-state index is 0.0157. The average Bonchev–Trinajstić information content (AvgIpc) is 3.18. The number of aromatic hydroxyl groups is 1. The number of fused-ring (bicyclic) bond motifs is 1. The number of carbonyl (C=O) groups excluding carboxylic acids is 2. The summed E-state index contributed by atoms with van der Waals surface area (Å²) < 4.78 is 10.7. The van der Waals surface area contributed by atoms with E-state index in [4.69, 9.17) is 9.47 Å². The van der Waals surface area contributed by atoms with Gasteiger partial charge in [0, 0.05) is 5.69 Å². The van der Waals surface area contributed by atoms with Gasteiger partial charge in [0.15, 0.2) is 23.0 Å². The number of Topliss-reactive ketones (excluding diaryl/α,β-unsaturated/α-hetero) is 1. The number of hydrogen-bond acceptors (Lipinski definition) is 6. The third-order valence-corrected chi connectivity index (χ3v) is 4.43. The summed E-state index contributed by atoms with van der Waals surface area (Å²) in [5.74, 6) is -0.526. The predicted molar refractivity (Wildman–Crippen MR) is 91.2 cm³/mol. The highest BCUT2D eigenvalue weighted by atomic mass is 16.7. The minimum Gasteiger partial charge on any atom is -0.508 e. The van der Waals surface area contributed by atoms with Crippen LogP contribution in [0.25, 0.3) is 0 Å². The smallest absolute Gasteiger partial charge is 0.294 e. The number of phenols is 1. The van der Waals surface area contributed by atoms with E-state index in [1.54, 1.807) is 30.3 Å². The van der Waals surface area contributed by atoms with E-state index in [1.165, 1.54) is 24.0 Å². The van der Waals surface area contributed by atoms with Crippen molar-refractivity contribution in [1.29, 1.82) is 0 Å². The summed E-state index contributed by atoms with van der Waals surface area (Å²) in [6.45, 7) is 1.41. The van der Waals surface area contributed by atoms with E-state index in [1.807, 2.05) is 0 Å². The lowest BCUT2D eigenvalue weighted by Crippen LogP contribution is -2.30. The van der Waals surface area contributed by atoms with E-state index in [2.05, 4.69) is 0 Å². The van der Waals surface area contributed by atoms with Crippen LogP contribution in [0.3, 0.4) is 0 Å². The largest absolute Gasteiger partial charge is 0.508 e. The molecule has 0 aliphatic carbocycles. The van der Waals surface area contributed by atoms with Gasteiger partial charge in [0.1, 0.15) is 5.75 Å². The monoisotopic (exact) mass is 353 g/mol. The Morgan fingerprint density at radius 1 is 1.08 bits per heavy atom. The summed E-state index contributed by atoms with van der Waals surface area (Å²) in [6.07, 6.45) is 0. The zero-order valence-electron chi connectivity index (χ0n) is 13.8. The van der Waals surface area contributed by atoms with Gasteiger partial charge in [-0.3, -0.25) is 14.5 Å². The summed E-state index contributed by atoms with van der Waals surface area (Å²) >= 11 is 0. The number of phenolic OH excluding ortho intramolecular Hbond substituents is 1. The van der Waals surface area contributed by atoms with Crippen molar-refractivity contribution in [3.8, 4) is 17.2 Å². The summed E-state index contributed by atoms with van der Waals surface area (Å²) in [4.78, 5) is 26.2. The number of aliphatic hydroxyl groups excluding tert-OH is 1. The van der Waals surface area contributed by atoms with Crippen LogP contribution in [0, 0.1) is 0 Å². The molecule has 1 unspecified atom stereocenters. The second-order valence-corrected chi connectivity index (χ2v) is 6.03. The fourth-order valence-corrected chi connectivity index (χ4v) is 3.24. The molecule has 0 fully saturated rings. The van der Waals surface area contributed by atoms with E-state index in [-0.39, 0.29) is 18.1 Å². The van der Waals surface area contributed by atoms with Crippen LogP contribution in [0.15, 0.2) is 53.8 Å². The molecule has 4 rings (SSSR count). The first-order chi connectivity index (χ1) is 12.5. The Morgan fingerprint density at radius 3 is 2.46 bits per heavy atom. The molecule has 0 spiro atoms. The average molecular weight is 353 g/mol. The van der Waals surface area contributed by atoms with E-state index in [0.717, 1.165) is 0 Å². The lowest BCUT2D eigenvalue weighted by atomic mass is 9.96. The Labute approximate surface area is 148 Å². The van der Waals surface area contributed by atoms with Crippen molar-refractivity contribution in [1.82, 2.24) is 0 Å². The Kier molecular flexibility index (Phi) is 3.57. The number of carbonyl (C=O) groups is 2. The molecule has 1 atom stereocenters. The maximum absolute atomic E-state index is 12.7. The molecule has 2 aliphatic heterocycles. The van der Waals surface area contributed by atoms with E-state index < -0.39 is 23.5 Å². The molecular weight excluding hydrogens is 338 g/mol. The molecule has 2 aromatic carbocycles. The number of ether oxygens (including phenoxy) is 2. The molecule has 7 nitrogen and oxygen atoms in total. The van der Waals surface area contributed by atoms with Gasteiger partial charge >= 0.3 is 0 Å². The molecule has 2 aromatic rings. The summed E-state index contributed by atoms with van der Waals surface area (Å²) in [6, 6.07) is 10.3. The van der Waals surface area contributed by atoms with Crippen molar-refractivity contribution < 1.29 is 29.3 Å². The second kappa shape index (κ2) is 5.80. The molecule has 0 saturated heterocycles. The maximum Gasteiger partial charge on any atom is 0.294 e. The van der Waals surface area contributed by atoms with Crippen molar-refractivity contribution in [3.05, 3.63) is 59.4 Å². The van der Waals surface area contributed by atoms with Crippen LogP contribution in [0.2, 0.25) is 0 Å². The van der Waals surface area contributed by atoms with Crippen LogP contribution in [0.1, 0.15) is 18.5 Å². The van der Waals surface area contributed by atoms with Crippen molar-refractivity contribution in [2.75, 3.05) is 11.7 Å². The number of hydrogen-bond donors (Lipinski definition) is 2. The normalized spacial score (nSPS) is 18.6. The molecule has 132 valence electrons. The lowest BCUT2D eigenvalue weighted by Gasteiger charge is -2.26. The SMILES string of the molecule is CC(=O)C1=C(O)C(=O)N(c2ccc(O)cc2)C1c1ccc2c(c1)OCO2. The van der Waals surface area contributed by atoms with Gasteiger partial charge in [-0.2, -0.15) is 0 Å². The highest BCUT2D eigenvalue weighted by molar-refractivity contribution is 6.16. The molecule has 0 bridgehead atoms. The molecule has 1 amide bonds. The molecule has 2 heterocycles. The standard InChI is InChI=1S/C19H15NO6/c1-10(21)16-17(11-2-7-14-15(8-11)26-9-25-14)20(19(24)18(16)23)12-3-5-13(22)6-4-12/h2-8,17,22-23H,9H2,1H3. The highest BCUT2D eigenvalue weighted by Gasteiger charge is 2.43. The van der Waals surface area contributed by atoms with Crippen LogP contribution in [0.5, 0.6) is 17.2 Å². The number of anilines is 1. The van der Waals surface area contributed by atoms with Crippen LogP contribution in [0.4, 0.5) is 5.69 Å². The van der Waals surface area contributed by atoms with Gasteiger partial charge in [0.25, 0.3) is 5.91 Å². The quantitative estimate of drug-likeness (QED) is 0.880. The topological polar surface area (TPSA) is 96.3 Å². The summed E-state index contributed by atoms with van der Waals surface area (Å²) in [7, 11) is 0. The molecular formula is C19H15NO6. The Morgan fingerprint density at radius 2 is 1.77 bits per heavy atom. The van der Waals surface area contributed by atoms with E-state index in [0.29, 0.717) is 22.7 Å². The van der Waals surface area contributed by atoms with Gasteiger partial charge < -0.3 is 19.7 Å². The number of ketones is 1. The number of aliphatic hydroxyl groups is 1. The van der Waals surface area contributed by atoms with E-state index >= 15 is 0 Å². The third kappa shape index (κ3) is 2.36. The number of rotatable bonds is 3. The second-order valence-electron chi connectivity index (χ2n) is 6.03. The number of amides is 1. The fourth-order valence-electron chi connectivity index (χ4n) is 3.24. The zero-order valence-corrected chi connectivity index (χ0v) is 13.8. The molecule has 0 radical (unpaired) electrons. The Bertz CT molecular complexity index is 947. The van der Waals surface area contributed by atoms with Gasteiger partial charge in [0.05, 0.1) is 11.6 Å². The molecule has 2 N–H and O–H groups in total. The first-order valence-electron chi connectivity index (χ1n) is 7.93. The van der Waals surface area contributed by atoms with Crippen molar-refractivity contribution in [2.45, 2.75) is 13.0 Å². The number of nitrogens with zero attached hydrogens (tertiary/aromatic N) is 1. The fraction of sp³-hybridized carbons (Fsp3) is 0.158. The summed E-state index contributed by atoms with van der Waals surface area (Å²) in [5, 5.41) is 19.8. The van der Waals surface area contributed by atoms with Gasteiger partial charge in [-0.1, -0.05) is 6.07 Å². The van der Waals surface area contributed by atoms with Gasteiger partial charge in [-0.15, -0.1) is 0 Å². The van der Waals surface area contributed by atoms with Crippen molar-refractivity contribution in [3.63, 3.8) is 0 Å². The lowest BCUT2D eigenvalue weighted by molar-refractivity contribution is -0.117. The highest BCUT2D eigenvalue weighted by Crippen LogP contribution is 2.44. The van der Waals surface area contributed by atoms with Gasteiger partial charge in [0.2, 0.25) is 6.79 Å². The predicted octanol–water partition coefficient (Wildman–Crippen LogP) is 2.61. The summed E-state index contributed by atoms with van der Waals surface area (Å²) in [5.41, 5.74) is 1.06.